The van der Waals surface area contributed by atoms with Gasteiger partial charge in [0.2, 0.25) is 10.0 Å². The topological polar surface area (TPSA) is 92.4 Å². The monoisotopic (exact) mass is 312 g/mol. The molecular weight excluding hydrogens is 288 g/mol. The second kappa shape index (κ2) is 6.34. The van der Waals surface area contributed by atoms with Crippen LogP contribution in [0.4, 0.5) is 5.69 Å². The number of sulfonamides is 1. The minimum atomic E-state index is -3.58. The Morgan fingerprint density at radius 2 is 1.76 bits per heavy atom. The molecule has 5 nitrogen and oxygen atoms in total. The number of nitrogens with one attached hydrogen (secondary N) is 1. The summed E-state index contributed by atoms with van der Waals surface area (Å²) in [5.41, 5.74) is 8.02. The lowest BCUT2D eigenvalue weighted by atomic mass is 9.88. The smallest absolute Gasteiger partial charge is 0.242 e. The molecule has 0 amide bonds. The number of aliphatic hydroxyl groups excluding tert-OH is 1. The summed E-state index contributed by atoms with van der Waals surface area (Å²) in [6.07, 6.45) is 2.97. The zero-order chi connectivity index (χ0) is 15.6. The Morgan fingerprint density at radius 3 is 2.38 bits per heavy atom. The van der Waals surface area contributed by atoms with Crippen molar-refractivity contribution in [1.82, 2.24) is 4.72 Å². The number of hydrogen-bond acceptors (Lipinski definition) is 4. The van der Waals surface area contributed by atoms with Crippen LogP contribution in [-0.4, -0.2) is 26.2 Å². The van der Waals surface area contributed by atoms with Gasteiger partial charge >= 0.3 is 0 Å². The lowest BCUT2D eigenvalue weighted by Gasteiger charge is -2.25. The third-order valence-electron chi connectivity index (χ3n) is 4.29. The van der Waals surface area contributed by atoms with Crippen LogP contribution in [0.15, 0.2) is 17.0 Å². The van der Waals surface area contributed by atoms with Crippen molar-refractivity contribution in [2.45, 2.75) is 50.5 Å². The average Bonchev–Trinajstić information content (AvgIpc) is 2.42. The summed E-state index contributed by atoms with van der Waals surface area (Å²) >= 11 is 0. The molecule has 0 heterocycles. The first kappa shape index (κ1) is 16.3. The molecule has 0 saturated heterocycles. The largest absolute Gasteiger partial charge is 0.398 e. The predicted molar refractivity (Wildman–Crippen MR) is 83.5 cm³/mol. The van der Waals surface area contributed by atoms with Crippen molar-refractivity contribution in [3.05, 3.63) is 23.3 Å². The number of hydrogen-bond donors (Lipinski definition) is 3. The van der Waals surface area contributed by atoms with Gasteiger partial charge in [-0.1, -0.05) is 0 Å². The van der Waals surface area contributed by atoms with E-state index in [1.807, 2.05) is 13.8 Å². The van der Waals surface area contributed by atoms with Gasteiger partial charge < -0.3 is 10.8 Å². The summed E-state index contributed by atoms with van der Waals surface area (Å²) in [4.78, 5) is 0.154. The van der Waals surface area contributed by atoms with Crippen LogP contribution in [0.1, 0.15) is 36.8 Å². The van der Waals surface area contributed by atoms with Crippen LogP contribution in [0.25, 0.3) is 0 Å². The van der Waals surface area contributed by atoms with E-state index in [2.05, 4.69) is 4.72 Å². The lowest BCUT2D eigenvalue weighted by Crippen LogP contribution is -2.32. The standard InChI is InChI=1S/C15H24N2O3S/c1-10-7-14(16)15(8-11(10)2)21(19,20)17-9-12-3-5-13(18)6-4-12/h7-8,12-13,17-18H,3-6,9,16H2,1-2H3. The second-order valence-electron chi connectivity index (χ2n) is 6.00. The average molecular weight is 312 g/mol. The van der Waals surface area contributed by atoms with Crippen LogP contribution in [0, 0.1) is 19.8 Å². The molecule has 0 radical (unpaired) electrons. The van der Waals surface area contributed by atoms with E-state index in [1.165, 1.54) is 0 Å². The van der Waals surface area contributed by atoms with E-state index in [0.29, 0.717) is 6.54 Å². The first-order valence-electron chi connectivity index (χ1n) is 7.34. The molecule has 1 aromatic carbocycles. The summed E-state index contributed by atoms with van der Waals surface area (Å²) < 4.78 is 27.4. The summed E-state index contributed by atoms with van der Waals surface area (Å²) in [5.74, 6) is 0.288. The SMILES string of the molecule is Cc1cc(N)c(S(=O)(=O)NCC2CCC(O)CC2)cc1C. The number of nitrogen functional groups attached to an aromatic ring is 1. The molecule has 0 aliphatic heterocycles. The first-order valence-corrected chi connectivity index (χ1v) is 8.82. The van der Waals surface area contributed by atoms with Crippen LogP contribution in [0.2, 0.25) is 0 Å². The molecule has 0 spiro atoms. The highest BCUT2D eigenvalue weighted by Gasteiger charge is 2.23. The predicted octanol–water partition coefficient (Wildman–Crippen LogP) is 1.72. The molecule has 1 aliphatic rings. The van der Waals surface area contributed by atoms with Gasteiger partial charge in [0.25, 0.3) is 0 Å². The van der Waals surface area contributed by atoms with Crippen molar-refractivity contribution in [1.29, 1.82) is 0 Å². The normalized spacial score (nSPS) is 23.2. The molecule has 0 aromatic heterocycles. The fourth-order valence-electron chi connectivity index (χ4n) is 2.70. The van der Waals surface area contributed by atoms with Crippen LogP contribution in [-0.2, 0) is 10.0 Å². The van der Waals surface area contributed by atoms with Gasteiger partial charge in [-0.25, -0.2) is 13.1 Å². The van der Waals surface area contributed by atoms with Crippen molar-refractivity contribution in [2.75, 3.05) is 12.3 Å². The van der Waals surface area contributed by atoms with Crippen LogP contribution in [0.5, 0.6) is 0 Å². The Hall–Kier alpha value is -1.11. The van der Waals surface area contributed by atoms with Crippen molar-refractivity contribution < 1.29 is 13.5 Å². The maximum atomic E-state index is 12.4. The number of anilines is 1. The van der Waals surface area contributed by atoms with Gasteiger partial charge in [-0.2, -0.15) is 0 Å². The summed E-state index contributed by atoms with van der Waals surface area (Å²) in [6.45, 7) is 4.18. The van der Waals surface area contributed by atoms with Crippen LogP contribution < -0.4 is 10.5 Å². The van der Waals surface area contributed by atoms with Gasteiger partial charge in [-0.3, -0.25) is 0 Å². The van der Waals surface area contributed by atoms with E-state index in [4.69, 9.17) is 5.73 Å². The third kappa shape index (κ3) is 3.96. The fraction of sp³-hybridized carbons (Fsp3) is 0.600. The van der Waals surface area contributed by atoms with E-state index >= 15 is 0 Å². The minimum absolute atomic E-state index is 0.154. The highest BCUT2D eigenvalue weighted by atomic mass is 32.2. The van der Waals surface area contributed by atoms with E-state index in [1.54, 1.807) is 12.1 Å². The Balaban J connectivity index is 2.07. The third-order valence-corrected chi connectivity index (χ3v) is 5.77. The Labute approximate surface area is 126 Å². The molecule has 4 N–H and O–H groups in total. The first-order chi connectivity index (χ1) is 9.79. The fourth-order valence-corrected chi connectivity index (χ4v) is 4.01. The Morgan fingerprint density at radius 1 is 1.19 bits per heavy atom. The number of rotatable bonds is 4. The molecule has 1 aliphatic carbocycles. The van der Waals surface area contributed by atoms with Gasteiger partial charge in [0.05, 0.1) is 11.8 Å². The summed E-state index contributed by atoms with van der Waals surface area (Å²) in [5, 5.41) is 9.47. The number of nitrogens with two attached hydrogens (primary N) is 1. The van der Waals surface area contributed by atoms with E-state index in [9.17, 15) is 13.5 Å². The molecule has 0 bridgehead atoms. The van der Waals surface area contributed by atoms with Gasteiger partial charge in [0.1, 0.15) is 4.90 Å². The Bertz CT molecular complexity index is 606. The molecule has 1 fully saturated rings. The van der Waals surface area contributed by atoms with Gasteiger partial charge in [-0.05, 0) is 68.7 Å². The van der Waals surface area contributed by atoms with Crippen molar-refractivity contribution in [3.63, 3.8) is 0 Å². The van der Waals surface area contributed by atoms with E-state index in [0.717, 1.165) is 36.8 Å². The summed E-state index contributed by atoms with van der Waals surface area (Å²) in [7, 11) is -3.58. The highest BCUT2D eigenvalue weighted by Crippen LogP contribution is 2.25. The second-order valence-corrected chi connectivity index (χ2v) is 7.74. The molecule has 0 atom stereocenters. The van der Waals surface area contributed by atoms with Gasteiger partial charge in [0, 0.05) is 6.54 Å². The maximum absolute atomic E-state index is 12.4. The van der Waals surface area contributed by atoms with Crippen LogP contribution in [0.3, 0.4) is 0 Å². The van der Waals surface area contributed by atoms with Crippen molar-refractivity contribution in [3.8, 4) is 0 Å². The van der Waals surface area contributed by atoms with E-state index in [-0.39, 0.29) is 22.6 Å². The maximum Gasteiger partial charge on any atom is 0.242 e. The van der Waals surface area contributed by atoms with Crippen LogP contribution >= 0.6 is 0 Å². The quantitative estimate of drug-likeness (QED) is 0.738. The molecule has 6 heteroatoms. The molecule has 118 valence electrons. The lowest BCUT2D eigenvalue weighted by molar-refractivity contribution is 0.109. The minimum Gasteiger partial charge on any atom is -0.398 e. The summed E-state index contributed by atoms with van der Waals surface area (Å²) in [6, 6.07) is 3.32. The number of aliphatic hydroxyl groups is 1. The van der Waals surface area contributed by atoms with Crippen molar-refractivity contribution in [2.24, 2.45) is 5.92 Å². The zero-order valence-corrected chi connectivity index (χ0v) is 13.4. The van der Waals surface area contributed by atoms with Gasteiger partial charge in [0.15, 0.2) is 0 Å². The highest BCUT2D eigenvalue weighted by molar-refractivity contribution is 7.89. The zero-order valence-electron chi connectivity index (χ0n) is 12.6. The van der Waals surface area contributed by atoms with Crippen molar-refractivity contribution >= 4 is 15.7 Å². The number of benzene rings is 1. The van der Waals surface area contributed by atoms with Gasteiger partial charge in [-0.15, -0.1) is 0 Å². The molecule has 1 aromatic rings. The van der Waals surface area contributed by atoms with E-state index < -0.39 is 10.0 Å². The molecule has 21 heavy (non-hydrogen) atoms. The Kier molecular flexibility index (Phi) is 4.91. The molecular formula is C15H24N2O3S. The molecule has 0 unspecified atom stereocenters. The number of aryl methyl sites for hydroxylation is 2. The molecule has 2 rings (SSSR count). The molecule has 1 saturated carbocycles.